The Balaban J connectivity index is 1.95. The van der Waals surface area contributed by atoms with Crippen LogP contribution in [-0.4, -0.2) is 18.1 Å². The number of nitrogens with two attached hydrogens (primary N) is 1. The van der Waals surface area contributed by atoms with Gasteiger partial charge in [0.05, 0.1) is 6.61 Å². The molecule has 102 valence electrons. The number of rotatable bonds is 6. The Morgan fingerprint density at radius 1 is 1.21 bits per heavy atom. The third-order valence-corrected chi connectivity index (χ3v) is 3.40. The fraction of sp³-hybridized carbons (Fsp3) is 0.438. The summed E-state index contributed by atoms with van der Waals surface area (Å²) in [5.41, 5.74) is 6.85. The molecule has 0 saturated carbocycles. The molecule has 0 aliphatic carbocycles. The number of hydrogen-bond acceptors (Lipinski definition) is 3. The second-order valence-corrected chi connectivity index (χ2v) is 5.65. The minimum absolute atomic E-state index is 0.195. The maximum atomic E-state index is 5.86. The number of pyridine rings is 1. The van der Waals surface area contributed by atoms with E-state index in [9.17, 15) is 0 Å². The number of fused-ring (bicyclic) bond motifs is 1. The highest BCUT2D eigenvalue weighted by atomic mass is 16.5. The summed E-state index contributed by atoms with van der Waals surface area (Å²) in [5, 5.41) is 1.11. The summed E-state index contributed by atoms with van der Waals surface area (Å²) in [4.78, 5) is 4.38. The van der Waals surface area contributed by atoms with Gasteiger partial charge in [0.15, 0.2) is 0 Å². The van der Waals surface area contributed by atoms with Gasteiger partial charge in [0.25, 0.3) is 0 Å². The van der Waals surface area contributed by atoms with Gasteiger partial charge in [-0.1, -0.05) is 32.0 Å². The molecular formula is C16H22N2O. The number of hydrogen-bond donors (Lipinski definition) is 1. The van der Waals surface area contributed by atoms with E-state index in [0.29, 0.717) is 13.2 Å². The smallest absolute Gasteiger partial charge is 0.145 e. The third-order valence-electron chi connectivity index (χ3n) is 3.40. The van der Waals surface area contributed by atoms with Crippen LogP contribution >= 0.6 is 0 Å². The van der Waals surface area contributed by atoms with Gasteiger partial charge in [-0.25, -0.2) is 0 Å². The van der Waals surface area contributed by atoms with Crippen molar-refractivity contribution in [1.82, 2.24) is 4.98 Å². The lowest BCUT2D eigenvalue weighted by atomic mass is 9.88. The topological polar surface area (TPSA) is 48.1 Å². The summed E-state index contributed by atoms with van der Waals surface area (Å²) in [6.07, 6.45) is 3.88. The quantitative estimate of drug-likeness (QED) is 0.808. The standard InChI is InChI=1S/C16H22N2O/c1-16(2,12-17)9-5-11-19-14-8-3-6-13-7-4-10-18-15(13)14/h3-4,6-8,10H,5,9,11-12,17H2,1-2H3. The van der Waals surface area contributed by atoms with E-state index in [4.69, 9.17) is 10.5 Å². The highest BCUT2D eigenvalue weighted by Gasteiger charge is 2.14. The predicted molar refractivity (Wildman–Crippen MR) is 79.3 cm³/mol. The molecule has 0 saturated heterocycles. The Morgan fingerprint density at radius 3 is 2.79 bits per heavy atom. The molecule has 0 fully saturated rings. The largest absolute Gasteiger partial charge is 0.491 e. The Labute approximate surface area is 114 Å². The van der Waals surface area contributed by atoms with Gasteiger partial charge < -0.3 is 10.5 Å². The van der Waals surface area contributed by atoms with Crippen LogP contribution in [0, 0.1) is 5.41 Å². The van der Waals surface area contributed by atoms with Crippen LogP contribution < -0.4 is 10.5 Å². The Hall–Kier alpha value is -1.61. The Kier molecular flexibility index (Phi) is 4.38. The van der Waals surface area contributed by atoms with Gasteiger partial charge in [-0.05, 0) is 36.9 Å². The van der Waals surface area contributed by atoms with Crippen LogP contribution in [0.25, 0.3) is 10.9 Å². The van der Waals surface area contributed by atoms with Gasteiger partial charge in [0.1, 0.15) is 11.3 Å². The molecule has 3 heteroatoms. The molecule has 0 spiro atoms. The minimum Gasteiger partial charge on any atom is -0.491 e. The molecule has 1 aromatic heterocycles. The van der Waals surface area contributed by atoms with Crippen molar-refractivity contribution in [2.24, 2.45) is 11.1 Å². The molecule has 19 heavy (non-hydrogen) atoms. The van der Waals surface area contributed by atoms with Crippen molar-refractivity contribution in [3.05, 3.63) is 36.5 Å². The van der Waals surface area contributed by atoms with Crippen LogP contribution in [0.3, 0.4) is 0 Å². The van der Waals surface area contributed by atoms with Gasteiger partial charge >= 0.3 is 0 Å². The SMILES string of the molecule is CC(C)(CN)CCCOc1cccc2cccnc12. The van der Waals surface area contributed by atoms with Crippen LogP contribution in [0.5, 0.6) is 5.75 Å². The monoisotopic (exact) mass is 258 g/mol. The fourth-order valence-electron chi connectivity index (χ4n) is 2.03. The molecule has 3 nitrogen and oxygen atoms in total. The summed E-state index contributed by atoms with van der Waals surface area (Å²) in [6.45, 7) is 5.79. The first-order valence-corrected chi connectivity index (χ1v) is 6.79. The van der Waals surface area contributed by atoms with E-state index in [1.165, 1.54) is 0 Å². The zero-order valence-corrected chi connectivity index (χ0v) is 11.7. The summed E-state index contributed by atoms with van der Waals surface area (Å²) in [7, 11) is 0. The number of benzene rings is 1. The molecule has 0 aliphatic rings. The zero-order chi connectivity index (χ0) is 13.7. The molecule has 0 radical (unpaired) electrons. The normalized spacial score (nSPS) is 11.7. The highest BCUT2D eigenvalue weighted by Crippen LogP contribution is 2.24. The first-order chi connectivity index (χ1) is 9.12. The van der Waals surface area contributed by atoms with Gasteiger partial charge in [0.2, 0.25) is 0 Å². The molecule has 1 heterocycles. The van der Waals surface area contributed by atoms with Crippen molar-refractivity contribution in [2.75, 3.05) is 13.2 Å². The van der Waals surface area contributed by atoms with Crippen LogP contribution in [0.4, 0.5) is 0 Å². The summed E-state index contributed by atoms with van der Waals surface area (Å²) < 4.78 is 5.86. The minimum atomic E-state index is 0.195. The van der Waals surface area contributed by atoms with Crippen molar-refractivity contribution < 1.29 is 4.74 Å². The average Bonchev–Trinajstić information content (AvgIpc) is 2.44. The van der Waals surface area contributed by atoms with E-state index in [0.717, 1.165) is 29.5 Å². The predicted octanol–water partition coefficient (Wildman–Crippen LogP) is 3.38. The second kappa shape index (κ2) is 6.02. The van der Waals surface area contributed by atoms with E-state index < -0.39 is 0 Å². The average molecular weight is 258 g/mol. The number of nitrogens with zero attached hydrogens (tertiary/aromatic N) is 1. The first-order valence-electron chi connectivity index (χ1n) is 6.79. The second-order valence-electron chi connectivity index (χ2n) is 5.65. The first kappa shape index (κ1) is 13.8. The highest BCUT2D eigenvalue weighted by molar-refractivity contribution is 5.84. The zero-order valence-electron chi connectivity index (χ0n) is 11.7. The van der Waals surface area contributed by atoms with E-state index >= 15 is 0 Å². The number of aromatic nitrogens is 1. The molecule has 0 aliphatic heterocycles. The third kappa shape index (κ3) is 3.67. The summed E-state index contributed by atoms with van der Waals surface area (Å²) >= 11 is 0. The maximum absolute atomic E-state index is 5.86. The molecule has 2 N–H and O–H groups in total. The van der Waals surface area contributed by atoms with Crippen molar-refractivity contribution in [3.8, 4) is 5.75 Å². The van der Waals surface area contributed by atoms with E-state index in [1.54, 1.807) is 6.20 Å². The lowest BCUT2D eigenvalue weighted by Gasteiger charge is -2.21. The molecular weight excluding hydrogens is 236 g/mol. The van der Waals surface area contributed by atoms with Crippen molar-refractivity contribution in [1.29, 1.82) is 0 Å². The number of ether oxygens (including phenoxy) is 1. The number of para-hydroxylation sites is 1. The van der Waals surface area contributed by atoms with E-state index in [-0.39, 0.29) is 5.41 Å². The van der Waals surface area contributed by atoms with Gasteiger partial charge in [-0.2, -0.15) is 0 Å². The lowest BCUT2D eigenvalue weighted by Crippen LogP contribution is -2.23. The molecule has 2 aromatic rings. The van der Waals surface area contributed by atoms with Crippen molar-refractivity contribution >= 4 is 10.9 Å². The molecule has 0 amide bonds. The van der Waals surface area contributed by atoms with Crippen LogP contribution in [-0.2, 0) is 0 Å². The molecule has 1 aromatic carbocycles. The Bertz CT molecular complexity index is 532. The van der Waals surface area contributed by atoms with E-state index in [1.807, 2.05) is 30.3 Å². The van der Waals surface area contributed by atoms with Gasteiger partial charge in [-0.3, -0.25) is 4.98 Å². The van der Waals surface area contributed by atoms with E-state index in [2.05, 4.69) is 18.8 Å². The van der Waals surface area contributed by atoms with Crippen molar-refractivity contribution in [3.63, 3.8) is 0 Å². The van der Waals surface area contributed by atoms with Crippen LogP contribution in [0.2, 0.25) is 0 Å². The van der Waals surface area contributed by atoms with Gasteiger partial charge in [-0.15, -0.1) is 0 Å². The maximum Gasteiger partial charge on any atom is 0.145 e. The fourth-order valence-corrected chi connectivity index (χ4v) is 2.03. The lowest BCUT2D eigenvalue weighted by molar-refractivity contribution is 0.262. The van der Waals surface area contributed by atoms with Gasteiger partial charge in [0, 0.05) is 11.6 Å². The summed E-state index contributed by atoms with van der Waals surface area (Å²) in [6, 6.07) is 10.0. The molecule has 0 atom stereocenters. The van der Waals surface area contributed by atoms with Crippen LogP contribution in [0.1, 0.15) is 26.7 Å². The van der Waals surface area contributed by atoms with Crippen molar-refractivity contribution in [2.45, 2.75) is 26.7 Å². The molecule has 0 bridgehead atoms. The van der Waals surface area contributed by atoms with Crippen LogP contribution in [0.15, 0.2) is 36.5 Å². The molecule has 2 rings (SSSR count). The molecule has 0 unspecified atom stereocenters. The Morgan fingerprint density at radius 2 is 2.00 bits per heavy atom. The summed E-state index contributed by atoms with van der Waals surface area (Å²) in [5.74, 6) is 0.864.